The predicted octanol–water partition coefficient (Wildman–Crippen LogP) is 1.88. The standard InChI is InChI=1S/C8H11ClO2/c1-6-3-7(10)11-8(2,4-6)5-9/h3H,4-5H2,1-2H3. The molecule has 1 heterocycles. The molecule has 0 radical (unpaired) electrons. The van der Waals surface area contributed by atoms with Crippen molar-refractivity contribution in [2.24, 2.45) is 0 Å². The lowest BCUT2D eigenvalue weighted by molar-refractivity contribution is -0.151. The minimum absolute atomic E-state index is 0.281. The van der Waals surface area contributed by atoms with Crippen LogP contribution in [0.3, 0.4) is 0 Å². The van der Waals surface area contributed by atoms with Crippen molar-refractivity contribution in [2.45, 2.75) is 25.9 Å². The molecule has 62 valence electrons. The summed E-state index contributed by atoms with van der Waals surface area (Å²) in [6.07, 6.45) is 2.25. The number of hydrogen-bond acceptors (Lipinski definition) is 2. The van der Waals surface area contributed by atoms with E-state index < -0.39 is 5.60 Å². The minimum Gasteiger partial charge on any atom is -0.455 e. The number of carbonyl (C=O) groups is 1. The largest absolute Gasteiger partial charge is 0.455 e. The van der Waals surface area contributed by atoms with Crippen LogP contribution >= 0.6 is 11.6 Å². The van der Waals surface area contributed by atoms with Crippen LogP contribution in [0.1, 0.15) is 20.3 Å². The van der Waals surface area contributed by atoms with Gasteiger partial charge in [-0.2, -0.15) is 0 Å². The van der Waals surface area contributed by atoms with Crippen LogP contribution in [0.15, 0.2) is 11.6 Å². The molecule has 0 amide bonds. The van der Waals surface area contributed by atoms with Gasteiger partial charge in [0.2, 0.25) is 0 Å². The number of hydrogen-bond donors (Lipinski definition) is 0. The van der Waals surface area contributed by atoms with E-state index in [-0.39, 0.29) is 5.97 Å². The second-order valence-electron chi connectivity index (χ2n) is 3.17. The topological polar surface area (TPSA) is 26.3 Å². The van der Waals surface area contributed by atoms with Crippen molar-refractivity contribution in [3.05, 3.63) is 11.6 Å². The molecule has 0 N–H and O–H groups in total. The van der Waals surface area contributed by atoms with Crippen LogP contribution in [0.5, 0.6) is 0 Å². The van der Waals surface area contributed by atoms with Gasteiger partial charge in [-0.05, 0) is 13.8 Å². The van der Waals surface area contributed by atoms with Gasteiger partial charge >= 0.3 is 5.97 Å². The van der Waals surface area contributed by atoms with Gasteiger partial charge in [-0.25, -0.2) is 4.79 Å². The first-order valence-corrected chi connectivity index (χ1v) is 4.05. The third-order valence-corrected chi connectivity index (χ3v) is 2.21. The van der Waals surface area contributed by atoms with Crippen molar-refractivity contribution >= 4 is 17.6 Å². The number of ether oxygens (including phenoxy) is 1. The molecule has 0 aromatic heterocycles. The van der Waals surface area contributed by atoms with E-state index in [4.69, 9.17) is 16.3 Å². The van der Waals surface area contributed by atoms with Gasteiger partial charge in [0.15, 0.2) is 0 Å². The van der Waals surface area contributed by atoms with Crippen LogP contribution in [0.4, 0.5) is 0 Å². The van der Waals surface area contributed by atoms with Crippen LogP contribution in [0.25, 0.3) is 0 Å². The van der Waals surface area contributed by atoms with Crippen molar-refractivity contribution < 1.29 is 9.53 Å². The van der Waals surface area contributed by atoms with E-state index in [9.17, 15) is 4.79 Å². The third kappa shape index (κ3) is 1.96. The Morgan fingerprint density at radius 1 is 1.82 bits per heavy atom. The summed E-state index contributed by atoms with van der Waals surface area (Å²) in [5.41, 5.74) is 0.543. The number of halogens is 1. The maximum Gasteiger partial charge on any atom is 0.331 e. The highest BCUT2D eigenvalue weighted by molar-refractivity contribution is 6.18. The lowest BCUT2D eigenvalue weighted by Gasteiger charge is -2.30. The Morgan fingerprint density at radius 3 is 2.91 bits per heavy atom. The molecule has 0 fully saturated rings. The number of esters is 1. The molecule has 11 heavy (non-hydrogen) atoms. The molecule has 0 saturated carbocycles. The predicted molar refractivity (Wildman–Crippen MR) is 43.6 cm³/mol. The second-order valence-corrected chi connectivity index (χ2v) is 3.44. The molecule has 1 unspecified atom stereocenters. The van der Waals surface area contributed by atoms with E-state index in [0.717, 1.165) is 12.0 Å². The number of carbonyl (C=O) groups excluding carboxylic acids is 1. The Bertz CT molecular complexity index is 210. The third-order valence-electron chi connectivity index (χ3n) is 1.65. The van der Waals surface area contributed by atoms with Gasteiger partial charge in [-0.1, -0.05) is 5.57 Å². The first kappa shape index (κ1) is 8.60. The Labute approximate surface area is 71.2 Å². The molecule has 0 saturated heterocycles. The minimum atomic E-state index is -0.489. The fourth-order valence-electron chi connectivity index (χ4n) is 1.22. The molecule has 0 bridgehead atoms. The average Bonchev–Trinajstić information content (AvgIpc) is 1.84. The van der Waals surface area contributed by atoms with Crippen LogP contribution in [-0.4, -0.2) is 17.5 Å². The molecule has 0 aromatic carbocycles. The zero-order chi connectivity index (χ0) is 8.48. The van der Waals surface area contributed by atoms with Crippen molar-refractivity contribution in [1.29, 1.82) is 0 Å². The SMILES string of the molecule is CC1=CC(=O)OC(C)(CCl)C1. The van der Waals surface area contributed by atoms with E-state index in [1.54, 1.807) is 0 Å². The summed E-state index contributed by atoms with van der Waals surface area (Å²) >= 11 is 5.65. The fraction of sp³-hybridized carbons (Fsp3) is 0.625. The molecule has 0 spiro atoms. The number of alkyl halides is 1. The van der Waals surface area contributed by atoms with E-state index in [2.05, 4.69) is 0 Å². The highest BCUT2D eigenvalue weighted by atomic mass is 35.5. The molecular formula is C8H11ClO2. The molecule has 1 atom stereocenters. The molecule has 0 aliphatic carbocycles. The molecule has 0 aromatic rings. The van der Waals surface area contributed by atoms with E-state index in [1.807, 2.05) is 13.8 Å². The summed E-state index contributed by atoms with van der Waals surface area (Å²) in [6.45, 7) is 3.75. The van der Waals surface area contributed by atoms with E-state index in [1.165, 1.54) is 6.08 Å². The van der Waals surface area contributed by atoms with Crippen molar-refractivity contribution in [2.75, 3.05) is 5.88 Å². The molecular weight excluding hydrogens is 164 g/mol. The van der Waals surface area contributed by atoms with Gasteiger partial charge in [-0.3, -0.25) is 0 Å². The van der Waals surface area contributed by atoms with Crippen molar-refractivity contribution in [3.63, 3.8) is 0 Å². The Morgan fingerprint density at radius 2 is 2.45 bits per heavy atom. The monoisotopic (exact) mass is 174 g/mol. The Kier molecular flexibility index (Phi) is 2.23. The summed E-state index contributed by atoms with van der Waals surface area (Å²) in [6, 6.07) is 0. The quantitative estimate of drug-likeness (QED) is 0.448. The lowest BCUT2D eigenvalue weighted by atomic mass is 9.97. The molecule has 2 nitrogen and oxygen atoms in total. The van der Waals surface area contributed by atoms with Gasteiger partial charge in [0.25, 0.3) is 0 Å². The Balaban J connectivity index is 2.79. The first-order chi connectivity index (χ1) is 5.06. The van der Waals surface area contributed by atoms with E-state index >= 15 is 0 Å². The van der Waals surface area contributed by atoms with E-state index in [0.29, 0.717) is 5.88 Å². The maximum atomic E-state index is 10.9. The maximum absolute atomic E-state index is 10.9. The number of cyclic esters (lactones) is 1. The van der Waals surface area contributed by atoms with Gasteiger partial charge in [0, 0.05) is 12.5 Å². The summed E-state index contributed by atoms with van der Waals surface area (Å²) in [5, 5.41) is 0. The van der Waals surface area contributed by atoms with Crippen LogP contribution < -0.4 is 0 Å². The second kappa shape index (κ2) is 2.86. The molecule has 3 heteroatoms. The zero-order valence-electron chi connectivity index (χ0n) is 6.69. The normalized spacial score (nSPS) is 31.2. The van der Waals surface area contributed by atoms with Gasteiger partial charge in [0.1, 0.15) is 5.60 Å². The highest BCUT2D eigenvalue weighted by Crippen LogP contribution is 2.26. The smallest absolute Gasteiger partial charge is 0.331 e. The average molecular weight is 175 g/mol. The molecule has 1 aliphatic heterocycles. The van der Waals surface area contributed by atoms with Gasteiger partial charge < -0.3 is 4.74 Å². The summed E-state index contributed by atoms with van der Waals surface area (Å²) in [7, 11) is 0. The lowest BCUT2D eigenvalue weighted by Crippen LogP contribution is -2.36. The molecule has 1 aliphatic rings. The van der Waals surface area contributed by atoms with Crippen LogP contribution in [0.2, 0.25) is 0 Å². The van der Waals surface area contributed by atoms with Gasteiger partial charge in [-0.15, -0.1) is 11.6 Å². The summed E-state index contributed by atoms with van der Waals surface area (Å²) in [5.74, 6) is 0.0705. The summed E-state index contributed by atoms with van der Waals surface area (Å²) < 4.78 is 5.05. The molecule has 1 rings (SSSR count). The Hall–Kier alpha value is -0.500. The van der Waals surface area contributed by atoms with Crippen molar-refractivity contribution in [1.82, 2.24) is 0 Å². The summed E-state index contributed by atoms with van der Waals surface area (Å²) in [4.78, 5) is 10.9. The number of rotatable bonds is 1. The first-order valence-electron chi connectivity index (χ1n) is 3.52. The van der Waals surface area contributed by atoms with Crippen LogP contribution in [0, 0.1) is 0 Å². The fourth-order valence-corrected chi connectivity index (χ4v) is 1.37. The van der Waals surface area contributed by atoms with Gasteiger partial charge in [0.05, 0.1) is 5.88 Å². The van der Waals surface area contributed by atoms with Crippen LogP contribution in [-0.2, 0) is 9.53 Å². The van der Waals surface area contributed by atoms with Crippen molar-refractivity contribution in [3.8, 4) is 0 Å². The highest BCUT2D eigenvalue weighted by Gasteiger charge is 2.31. The zero-order valence-corrected chi connectivity index (χ0v) is 7.44.